The molecule has 0 atom stereocenters. The molecule has 0 bridgehead atoms. The van der Waals surface area contributed by atoms with E-state index in [1.165, 1.54) is 10.7 Å². The SMILES string of the molecule is CCCCc1nc(C)nc(C(=O)OC)c1Cc1ccc(I)cc1. The molecule has 2 rings (SSSR count). The highest BCUT2D eigenvalue weighted by Gasteiger charge is 2.19. The first-order chi connectivity index (χ1) is 11.0. The number of aromatic nitrogens is 2. The highest BCUT2D eigenvalue weighted by atomic mass is 127. The lowest BCUT2D eigenvalue weighted by molar-refractivity contribution is 0.0592. The average Bonchev–Trinajstić information content (AvgIpc) is 2.55. The molecule has 0 aliphatic heterocycles. The normalized spacial score (nSPS) is 10.6. The molecule has 1 heterocycles. The van der Waals surface area contributed by atoms with Crippen molar-refractivity contribution in [3.8, 4) is 0 Å². The Kier molecular flexibility index (Phi) is 6.50. The van der Waals surface area contributed by atoms with Gasteiger partial charge in [0.05, 0.1) is 7.11 Å². The van der Waals surface area contributed by atoms with Crippen LogP contribution in [0.4, 0.5) is 0 Å². The largest absolute Gasteiger partial charge is 0.464 e. The van der Waals surface area contributed by atoms with Crippen LogP contribution in [0, 0.1) is 10.5 Å². The van der Waals surface area contributed by atoms with E-state index in [0.717, 1.165) is 36.1 Å². The molecule has 4 nitrogen and oxygen atoms in total. The third-order valence-electron chi connectivity index (χ3n) is 3.64. The molecule has 2 aromatic rings. The molecule has 0 aliphatic rings. The molecule has 0 N–H and O–H groups in total. The smallest absolute Gasteiger partial charge is 0.357 e. The van der Waals surface area contributed by atoms with Crippen LogP contribution in [0.25, 0.3) is 0 Å². The fourth-order valence-electron chi connectivity index (χ4n) is 2.46. The molecular formula is C18H21IN2O2. The van der Waals surface area contributed by atoms with Gasteiger partial charge in [-0.2, -0.15) is 0 Å². The highest BCUT2D eigenvalue weighted by molar-refractivity contribution is 14.1. The zero-order valence-corrected chi connectivity index (χ0v) is 15.9. The fraction of sp³-hybridized carbons (Fsp3) is 0.389. The summed E-state index contributed by atoms with van der Waals surface area (Å²) in [4.78, 5) is 21.1. The number of hydrogen-bond acceptors (Lipinski definition) is 4. The van der Waals surface area contributed by atoms with Gasteiger partial charge in [-0.1, -0.05) is 25.5 Å². The summed E-state index contributed by atoms with van der Waals surface area (Å²) in [6.45, 7) is 3.96. The minimum atomic E-state index is -0.395. The van der Waals surface area contributed by atoms with Gasteiger partial charge in [0.1, 0.15) is 5.82 Å². The fourth-order valence-corrected chi connectivity index (χ4v) is 2.82. The third kappa shape index (κ3) is 4.73. The maximum absolute atomic E-state index is 12.1. The molecular weight excluding hydrogens is 403 g/mol. The van der Waals surface area contributed by atoms with Crippen LogP contribution in [0.3, 0.4) is 0 Å². The lowest BCUT2D eigenvalue weighted by Gasteiger charge is -2.13. The number of ether oxygens (including phenoxy) is 1. The molecule has 0 fully saturated rings. The molecule has 122 valence electrons. The van der Waals surface area contributed by atoms with E-state index >= 15 is 0 Å². The number of carbonyl (C=O) groups excluding carboxylic acids is 1. The predicted octanol–water partition coefficient (Wildman–Crippen LogP) is 4.11. The Morgan fingerprint density at radius 2 is 1.91 bits per heavy atom. The Bertz CT molecular complexity index is 684. The third-order valence-corrected chi connectivity index (χ3v) is 4.36. The maximum Gasteiger partial charge on any atom is 0.357 e. The maximum atomic E-state index is 12.1. The lowest BCUT2D eigenvalue weighted by atomic mass is 9.98. The molecule has 0 amide bonds. The second-order valence-corrected chi connectivity index (χ2v) is 6.69. The van der Waals surface area contributed by atoms with E-state index in [1.54, 1.807) is 0 Å². The van der Waals surface area contributed by atoms with Crippen LogP contribution in [0.2, 0.25) is 0 Å². The zero-order valence-electron chi connectivity index (χ0n) is 13.7. The number of unbranched alkanes of at least 4 members (excludes halogenated alkanes) is 1. The quantitative estimate of drug-likeness (QED) is 0.518. The van der Waals surface area contributed by atoms with Crippen molar-refractivity contribution in [2.45, 2.75) is 39.5 Å². The van der Waals surface area contributed by atoms with Gasteiger partial charge in [0.2, 0.25) is 0 Å². The molecule has 5 heteroatoms. The second-order valence-electron chi connectivity index (χ2n) is 5.44. The first-order valence-corrected chi connectivity index (χ1v) is 8.82. The van der Waals surface area contributed by atoms with Crippen molar-refractivity contribution < 1.29 is 9.53 Å². The molecule has 0 spiro atoms. The summed E-state index contributed by atoms with van der Waals surface area (Å²) < 4.78 is 6.10. The van der Waals surface area contributed by atoms with Crippen LogP contribution in [0.1, 0.15) is 52.9 Å². The Hall–Kier alpha value is -1.50. The van der Waals surface area contributed by atoms with Crippen molar-refractivity contribution >= 4 is 28.6 Å². The number of halogens is 1. The summed E-state index contributed by atoms with van der Waals surface area (Å²) in [5.74, 6) is 0.219. The van der Waals surface area contributed by atoms with E-state index in [4.69, 9.17) is 4.74 Å². The van der Waals surface area contributed by atoms with E-state index in [2.05, 4.69) is 63.7 Å². The molecule has 0 saturated carbocycles. The van der Waals surface area contributed by atoms with Crippen molar-refractivity contribution in [2.24, 2.45) is 0 Å². The van der Waals surface area contributed by atoms with E-state index in [1.807, 2.05) is 6.92 Å². The average molecular weight is 424 g/mol. The van der Waals surface area contributed by atoms with Gasteiger partial charge in [-0.05, 0) is 60.1 Å². The molecule has 1 aromatic carbocycles. The van der Waals surface area contributed by atoms with Crippen molar-refractivity contribution in [3.05, 3.63) is 56.2 Å². The number of esters is 1. The highest BCUT2D eigenvalue weighted by Crippen LogP contribution is 2.20. The minimum absolute atomic E-state index is 0.393. The van der Waals surface area contributed by atoms with E-state index < -0.39 is 5.97 Å². The number of carbonyl (C=O) groups is 1. The summed E-state index contributed by atoms with van der Waals surface area (Å²) in [6.07, 6.45) is 3.61. The van der Waals surface area contributed by atoms with Gasteiger partial charge in [-0.3, -0.25) is 0 Å². The molecule has 0 radical (unpaired) electrons. The Morgan fingerprint density at radius 1 is 1.22 bits per heavy atom. The lowest BCUT2D eigenvalue weighted by Crippen LogP contribution is -2.15. The first kappa shape index (κ1) is 17.8. The summed E-state index contributed by atoms with van der Waals surface area (Å²) in [5.41, 5.74) is 3.38. The number of methoxy groups -OCH3 is 1. The van der Waals surface area contributed by atoms with Gasteiger partial charge in [-0.25, -0.2) is 14.8 Å². The summed E-state index contributed by atoms with van der Waals surface area (Å²) >= 11 is 2.28. The Morgan fingerprint density at radius 3 is 2.52 bits per heavy atom. The van der Waals surface area contributed by atoms with Crippen LogP contribution in [-0.2, 0) is 17.6 Å². The molecule has 0 saturated heterocycles. The van der Waals surface area contributed by atoms with Gasteiger partial charge in [0.25, 0.3) is 0 Å². The summed E-state index contributed by atoms with van der Waals surface area (Å²) in [5, 5.41) is 0. The van der Waals surface area contributed by atoms with Gasteiger partial charge >= 0.3 is 5.97 Å². The van der Waals surface area contributed by atoms with E-state index in [-0.39, 0.29) is 0 Å². The number of rotatable bonds is 6. The van der Waals surface area contributed by atoms with Crippen LogP contribution in [-0.4, -0.2) is 23.0 Å². The van der Waals surface area contributed by atoms with E-state index in [0.29, 0.717) is 17.9 Å². The van der Waals surface area contributed by atoms with Gasteiger partial charge in [0, 0.05) is 21.2 Å². The van der Waals surface area contributed by atoms with Crippen LogP contribution in [0.15, 0.2) is 24.3 Å². The van der Waals surface area contributed by atoms with Gasteiger partial charge < -0.3 is 4.74 Å². The molecule has 1 aromatic heterocycles. The van der Waals surface area contributed by atoms with Crippen LogP contribution < -0.4 is 0 Å². The standard InChI is InChI=1S/C18H21IN2O2/c1-4-5-6-16-15(11-13-7-9-14(19)10-8-13)17(18(22)23-3)21-12(2)20-16/h7-10H,4-6,11H2,1-3H3. The van der Waals surface area contributed by atoms with Gasteiger partial charge in [0.15, 0.2) is 5.69 Å². The topological polar surface area (TPSA) is 52.1 Å². The van der Waals surface area contributed by atoms with Crippen molar-refractivity contribution in [1.29, 1.82) is 0 Å². The van der Waals surface area contributed by atoms with Crippen molar-refractivity contribution in [3.63, 3.8) is 0 Å². The monoisotopic (exact) mass is 424 g/mol. The minimum Gasteiger partial charge on any atom is -0.464 e. The summed E-state index contributed by atoms with van der Waals surface area (Å²) in [7, 11) is 1.39. The Balaban J connectivity index is 2.47. The first-order valence-electron chi connectivity index (χ1n) is 7.74. The van der Waals surface area contributed by atoms with Crippen LogP contribution >= 0.6 is 22.6 Å². The van der Waals surface area contributed by atoms with Gasteiger partial charge in [-0.15, -0.1) is 0 Å². The molecule has 0 unspecified atom stereocenters. The van der Waals surface area contributed by atoms with Crippen molar-refractivity contribution in [2.75, 3.05) is 7.11 Å². The predicted molar refractivity (Wildman–Crippen MR) is 98.7 cm³/mol. The summed E-state index contributed by atoms with van der Waals surface area (Å²) in [6, 6.07) is 8.28. The van der Waals surface area contributed by atoms with E-state index in [9.17, 15) is 4.79 Å². The van der Waals surface area contributed by atoms with Crippen molar-refractivity contribution in [1.82, 2.24) is 9.97 Å². The molecule has 0 aliphatic carbocycles. The number of aryl methyl sites for hydroxylation is 2. The Labute approximate surface area is 150 Å². The molecule has 23 heavy (non-hydrogen) atoms. The zero-order chi connectivity index (χ0) is 16.8. The number of benzene rings is 1. The number of hydrogen-bond donors (Lipinski definition) is 0. The number of nitrogens with zero attached hydrogens (tertiary/aromatic N) is 2. The second kappa shape index (κ2) is 8.38. The van der Waals surface area contributed by atoms with Crippen LogP contribution in [0.5, 0.6) is 0 Å².